The first-order valence-electron chi connectivity index (χ1n) is 5.30. The van der Waals surface area contributed by atoms with Gasteiger partial charge < -0.3 is 16.2 Å². The second-order valence-electron chi connectivity index (χ2n) is 3.64. The number of aromatic carboxylic acids is 1. The van der Waals surface area contributed by atoms with Gasteiger partial charge in [-0.3, -0.25) is 0 Å². The van der Waals surface area contributed by atoms with Crippen molar-refractivity contribution in [1.29, 1.82) is 0 Å². The van der Waals surface area contributed by atoms with Crippen LogP contribution in [0.4, 0.5) is 4.79 Å². The topological polar surface area (TPSA) is 139 Å². The highest BCUT2D eigenvalue weighted by molar-refractivity contribution is 9.10. The van der Waals surface area contributed by atoms with E-state index < -0.39 is 22.0 Å². The quantitative estimate of drug-likeness (QED) is 0.529. The molecule has 110 valence electrons. The Hall–Kier alpha value is -1.65. The summed E-state index contributed by atoms with van der Waals surface area (Å²) >= 11 is 3.02. The Bertz CT molecular complexity index is 632. The van der Waals surface area contributed by atoms with E-state index in [-0.39, 0.29) is 28.0 Å². The summed E-state index contributed by atoms with van der Waals surface area (Å²) in [6.07, 6.45) is 0. The molecular weight excluding hydrogens is 354 g/mol. The number of amides is 2. The molecule has 0 spiro atoms. The lowest BCUT2D eigenvalue weighted by Crippen LogP contribution is -2.37. The van der Waals surface area contributed by atoms with E-state index in [0.717, 1.165) is 6.07 Å². The van der Waals surface area contributed by atoms with Crippen molar-refractivity contribution in [1.82, 2.24) is 10.0 Å². The Balaban J connectivity index is 2.85. The molecule has 1 aromatic carbocycles. The summed E-state index contributed by atoms with van der Waals surface area (Å²) in [7, 11) is -3.86. The molecule has 1 aromatic rings. The van der Waals surface area contributed by atoms with Gasteiger partial charge >= 0.3 is 12.0 Å². The highest BCUT2D eigenvalue weighted by Crippen LogP contribution is 2.20. The van der Waals surface area contributed by atoms with Crippen LogP contribution >= 0.6 is 15.9 Å². The van der Waals surface area contributed by atoms with Crippen molar-refractivity contribution in [2.24, 2.45) is 5.73 Å². The summed E-state index contributed by atoms with van der Waals surface area (Å²) in [5.41, 5.74) is 4.66. The molecule has 8 nitrogen and oxygen atoms in total. The van der Waals surface area contributed by atoms with Crippen LogP contribution in [0.3, 0.4) is 0 Å². The van der Waals surface area contributed by atoms with Gasteiger partial charge in [0.1, 0.15) is 0 Å². The predicted molar refractivity (Wildman–Crippen MR) is 73.9 cm³/mol. The van der Waals surface area contributed by atoms with Gasteiger partial charge in [0.05, 0.1) is 10.5 Å². The maximum Gasteiger partial charge on any atom is 0.336 e. The minimum absolute atomic E-state index is 0.0247. The fraction of sp³-hybridized carbons (Fsp3) is 0.200. The molecule has 0 aromatic heterocycles. The van der Waals surface area contributed by atoms with E-state index in [4.69, 9.17) is 10.8 Å². The van der Waals surface area contributed by atoms with Crippen molar-refractivity contribution in [3.63, 3.8) is 0 Å². The first kappa shape index (κ1) is 16.4. The van der Waals surface area contributed by atoms with Gasteiger partial charge in [-0.15, -0.1) is 0 Å². The lowest BCUT2D eigenvalue weighted by atomic mass is 10.2. The molecule has 0 aliphatic rings. The number of primary amides is 1. The molecule has 0 saturated heterocycles. The maximum atomic E-state index is 11.9. The van der Waals surface area contributed by atoms with Gasteiger partial charge in [0.25, 0.3) is 0 Å². The van der Waals surface area contributed by atoms with Crippen LogP contribution in [0.25, 0.3) is 0 Å². The van der Waals surface area contributed by atoms with Crippen molar-refractivity contribution in [2.75, 3.05) is 13.1 Å². The zero-order valence-electron chi connectivity index (χ0n) is 10.1. The van der Waals surface area contributed by atoms with Crippen LogP contribution in [-0.2, 0) is 10.0 Å². The molecule has 0 atom stereocenters. The molecule has 5 N–H and O–H groups in total. The fourth-order valence-electron chi connectivity index (χ4n) is 1.29. The Morgan fingerprint density at radius 2 is 1.95 bits per heavy atom. The number of urea groups is 1. The van der Waals surface area contributed by atoms with Crippen molar-refractivity contribution < 1.29 is 23.1 Å². The largest absolute Gasteiger partial charge is 0.478 e. The molecule has 0 unspecified atom stereocenters. The lowest BCUT2D eigenvalue weighted by molar-refractivity contribution is 0.0695. The first-order valence-corrected chi connectivity index (χ1v) is 7.57. The van der Waals surface area contributed by atoms with E-state index >= 15 is 0 Å². The van der Waals surface area contributed by atoms with Crippen LogP contribution in [0, 0.1) is 0 Å². The number of benzene rings is 1. The monoisotopic (exact) mass is 365 g/mol. The third-order valence-electron chi connectivity index (χ3n) is 2.19. The number of nitrogens with one attached hydrogen (secondary N) is 2. The van der Waals surface area contributed by atoms with Crippen LogP contribution in [0.1, 0.15) is 10.4 Å². The highest BCUT2D eigenvalue weighted by atomic mass is 79.9. The SMILES string of the molecule is NC(=O)NCCNS(=O)(=O)c1ccc(Br)c(C(=O)O)c1. The van der Waals surface area contributed by atoms with Crippen LogP contribution in [0.5, 0.6) is 0 Å². The van der Waals surface area contributed by atoms with E-state index in [0.29, 0.717) is 0 Å². The summed E-state index contributed by atoms with van der Waals surface area (Å²) in [5, 5.41) is 11.1. The van der Waals surface area contributed by atoms with Crippen LogP contribution in [0.15, 0.2) is 27.6 Å². The molecule has 0 aliphatic carbocycles. The van der Waals surface area contributed by atoms with E-state index in [1.807, 2.05) is 0 Å². The zero-order valence-corrected chi connectivity index (χ0v) is 12.5. The second kappa shape index (κ2) is 6.68. The molecule has 20 heavy (non-hydrogen) atoms. The number of halogens is 1. The molecule has 0 saturated carbocycles. The van der Waals surface area contributed by atoms with E-state index in [2.05, 4.69) is 26.0 Å². The first-order chi connectivity index (χ1) is 9.24. The zero-order chi connectivity index (χ0) is 15.3. The molecule has 0 fully saturated rings. The minimum Gasteiger partial charge on any atom is -0.478 e. The molecular formula is C10H12BrN3O5S. The third kappa shape index (κ3) is 4.47. The molecule has 0 heterocycles. The average molecular weight is 366 g/mol. The highest BCUT2D eigenvalue weighted by Gasteiger charge is 2.17. The van der Waals surface area contributed by atoms with Gasteiger partial charge in [0, 0.05) is 17.6 Å². The normalized spacial score (nSPS) is 11.1. The van der Waals surface area contributed by atoms with Gasteiger partial charge in [-0.05, 0) is 34.1 Å². The molecule has 2 amide bonds. The number of hydrogen-bond acceptors (Lipinski definition) is 4. The van der Waals surface area contributed by atoms with Crippen LogP contribution in [-0.4, -0.2) is 38.6 Å². The standard InChI is InChI=1S/C10H12BrN3O5S/c11-8-2-1-6(5-7(8)9(15)16)20(18,19)14-4-3-13-10(12)17/h1-2,5,14H,3-4H2,(H,15,16)(H3,12,13,17). The van der Waals surface area contributed by atoms with Crippen molar-refractivity contribution >= 4 is 38.0 Å². The van der Waals surface area contributed by atoms with Gasteiger partial charge in [0.2, 0.25) is 10.0 Å². The number of carbonyl (C=O) groups is 2. The fourth-order valence-corrected chi connectivity index (χ4v) is 2.76. The van der Waals surface area contributed by atoms with Gasteiger partial charge in [-0.1, -0.05) is 0 Å². The Labute approximate surface area is 123 Å². The molecule has 0 radical (unpaired) electrons. The molecule has 0 bridgehead atoms. The third-order valence-corrected chi connectivity index (χ3v) is 4.35. The minimum atomic E-state index is -3.86. The molecule has 0 aliphatic heterocycles. The number of nitrogens with two attached hydrogens (primary N) is 1. The van der Waals surface area contributed by atoms with E-state index in [9.17, 15) is 18.0 Å². The smallest absolute Gasteiger partial charge is 0.336 e. The number of carboxylic acid groups (broad SMARTS) is 1. The van der Waals surface area contributed by atoms with Crippen LogP contribution < -0.4 is 15.8 Å². The van der Waals surface area contributed by atoms with E-state index in [1.54, 1.807) is 0 Å². The van der Waals surface area contributed by atoms with Gasteiger partial charge in [-0.25, -0.2) is 22.7 Å². The van der Waals surface area contributed by atoms with Crippen molar-refractivity contribution in [3.05, 3.63) is 28.2 Å². The van der Waals surface area contributed by atoms with Gasteiger partial charge in [0.15, 0.2) is 0 Å². The summed E-state index contributed by atoms with van der Waals surface area (Å²) in [4.78, 5) is 21.2. The lowest BCUT2D eigenvalue weighted by Gasteiger charge is -2.08. The molecule has 1 rings (SSSR count). The van der Waals surface area contributed by atoms with Crippen molar-refractivity contribution in [2.45, 2.75) is 4.90 Å². The predicted octanol–water partition coefficient (Wildman–Crippen LogP) is 0.0939. The van der Waals surface area contributed by atoms with Crippen LogP contribution in [0.2, 0.25) is 0 Å². The van der Waals surface area contributed by atoms with Crippen molar-refractivity contribution in [3.8, 4) is 0 Å². The molecule has 10 heteroatoms. The number of carboxylic acids is 1. The second-order valence-corrected chi connectivity index (χ2v) is 6.26. The number of hydrogen-bond donors (Lipinski definition) is 4. The van der Waals surface area contributed by atoms with E-state index in [1.165, 1.54) is 12.1 Å². The van der Waals surface area contributed by atoms with Gasteiger partial charge in [-0.2, -0.15) is 0 Å². The average Bonchev–Trinajstić information content (AvgIpc) is 2.34. The summed E-state index contributed by atoms with van der Waals surface area (Å²) in [6, 6.07) is 2.87. The number of sulfonamides is 1. The Kier molecular flexibility index (Phi) is 5.48. The summed E-state index contributed by atoms with van der Waals surface area (Å²) in [6.45, 7) is -0.0411. The Morgan fingerprint density at radius 3 is 2.50 bits per heavy atom. The Morgan fingerprint density at radius 1 is 1.30 bits per heavy atom. The summed E-state index contributed by atoms with van der Waals surface area (Å²) in [5.74, 6) is -1.25. The summed E-state index contributed by atoms with van der Waals surface area (Å²) < 4.78 is 26.3. The number of carbonyl (C=O) groups excluding carboxylic acids is 1. The maximum absolute atomic E-state index is 11.9. The number of rotatable bonds is 6.